The zero-order valence-corrected chi connectivity index (χ0v) is 7.35. The summed E-state index contributed by atoms with van der Waals surface area (Å²) >= 11 is 1.54. The van der Waals surface area contributed by atoms with Gasteiger partial charge in [-0.25, -0.2) is 9.78 Å². The van der Waals surface area contributed by atoms with Crippen LogP contribution in [0, 0.1) is 6.92 Å². The van der Waals surface area contributed by atoms with Crippen LogP contribution in [0.3, 0.4) is 0 Å². The molecule has 0 unspecified atom stereocenters. The molecule has 0 saturated carbocycles. The van der Waals surface area contributed by atoms with E-state index in [9.17, 15) is 4.79 Å². The number of carbonyl (C=O) groups excluding carboxylic acids is 1. The minimum atomic E-state index is -0.354. The minimum absolute atomic E-state index is 0.0452. The maximum absolute atomic E-state index is 10.7. The van der Waals surface area contributed by atoms with Gasteiger partial charge in [0.1, 0.15) is 17.7 Å². The number of aromatic nitrogens is 1. The molecule has 1 aromatic rings. The van der Waals surface area contributed by atoms with E-state index in [1.807, 2.05) is 12.3 Å². The van der Waals surface area contributed by atoms with E-state index in [1.165, 1.54) is 0 Å². The smallest absolute Gasteiger partial charge is 0.407 e. The average molecular weight is 184 g/mol. The lowest BCUT2D eigenvalue weighted by atomic mass is 10.3. The number of alkyl carbamates (subject to hydrolysis) is 1. The Balaban J connectivity index is 2.15. The maximum atomic E-state index is 10.7. The SMILES string of the molecule is Cc1csc([C@@H]2COC(=O)N2)n1. The van der Waals surface area contributed by atoms with Crippen molar-refractivity contribution in [3.05, 3.63) is 16.1 Å². The lowest BCUT2D eigenvalue weighted by Crippen LogP contribution is -2.17. The second-order valence-corrected chi connectivity index (χ2v) is 3.51. The molecule has 64 valence electrons. The highest BCUT2D eigenvalue weighted by molar-refractivity contribution is 7.09. The van der Waals surface area contributed by atoms with Gasteiger partial charge in [0.15, 0.2) is 0 Å². The molecule has 1 aliphatic rings. The van der Waals surface area contributed by atoms with Gasteiger partial charge in [-0.15, -0.1) is 11.3 Å². The molecular weight excluding hydrogens is 176 g/mol. The van der Waals surface area contributed by atoms with Crippen LogP contribution in [0.5, 0.6) is 0 Å². The highest BCUT2D eigenvalue weighted by atomic mass is 32.1. The van der Waals surface area contributed by atoms with E-state index in [1.54, 1.807) is 11.3 Å². The number of nitrogens with one attached hydrogen (secondary N) is 1. The first-order chi connectivity index (χ1) is 5.75. The van der Waals surface area contributed by atoms with Gasteiger partial charge in [0.2, 0.25) is 0 Å². The number of thiazole rings is 1. The molecule has 0 radical (unpaired) electrons. The Bertz CT molecular complexity index is 310. The number of hydrogen-bond donors (Lipinski definition) is 1. The van der Waals surface area contributed by atoms with E-state index < -0.39 is 0 Å². The number of nitrogens with zero attached hydrogens (tertiary/aromatic N) is 1. The monoisotopic (exact) mass is 184 g/mol. The second-order valence-electron chi connectivity index (χ2n) is 2.62. The van der Waals surface area contributed by atoms with E-state index in [2.05, 4.69) is 10.3 Å². The standard InChI is InChI=1S/C7H8N2O2S/c1-4-3-12-6(8-4)5-2-11-7(10)9-5/h3,5H,2H2,1H3,(H,9,10)/t5-/m0/s1. The summed E-state index contributed by atoms with van der Waals surface area (Å²) < 4.78 is 4.75. The van der Waals surface area contributed by atoms with Crippen LogP contribution >= 0.6 is 11.3 Å². The van der Waals surface area contributed by atoms with Gasteiger partial charge in [0.25, 0.3) is 0 Å². The van der Waals surface area contributed by atoms with E-state index >= 15 is 0 Å². The first kappa shape index (κ1) is 7.54. The molecule has 1 N–H and O–H groups in total. The Hall–Kier alpha value is -1.10. The van der Waals surface area contributed by atoms with Gasteiger partial charge >= 0.3 is 6.09 Å². The van der Waals surface area contributed by atoms with Crippen molar-refractivity contribution < 1.29 is 9.53 Å². The highest BCUT2D eigenvalue weighted by Crippen LogP contribution is 2.21. The molecule has 0 bridgehead atoms. The summed E-state index contributed by atoms with van der Waals surface area (Å²) in [4.78, 5) is 14.9. The van der Waals surface area contributed by atoms with Gasteiger partial charge in [-0.3, -0.25) is 0 Å². The molecule has 0 aliphatic carbocycles. The topological polar surface area (TPSA) is 51.2 Å². The summed E-state index contributed by atoms with van der Waals surface area (Å²) in [7, 11) is 0. The molecule has 12 heavy (non-hydrogen) atoms. The third-order valence-corrected chi connectivity index (χ3v) is 2.68. The fourth-order valence-electron chi connectivity index (χ4n) is 1.05. The normalized spacial score (nSPS) is 22.1. The summed E-state index contributed by atoms with van der Waals surface area (Å²) in [6.07, 6.45) is -0.354. The quantitative estimate of drug-likeness (QED) is 0.714. The van der Waals surface area contributed by atoms with Crippen molar-refractivity contribution in [2.75, 3.05) is 6.61 Å². The van der Waals surface area contributed by atoms with Gasteiger partial charge in [0, 0.05) is 11.1 Å². The van der Waals surface area contributed by atoms with Crippen molar-refractivity contribution in [2.24, 2.45) is 0 Å². The first-order valence-electron chi connectivity index (χ1n) is 3.61. The molecule has 0 spiro atoms. The Morgan fingerprint density at radius 3 is 3.17 bits per heavy atom. The van der Waals surface area contributed by atoms with E-state index in [0.29, 0.717) is 6.61 Å². The summed E-state index contributed by atoms with van der Waals surface area (Å²) in [6.45, 7) is 2.32. The minimum Gasteiger partial charge on any atom is -0.447 e. The van der Waals surface area contributed by atoms with Crippen molar-refractivity contribution in [3.63, 3.8) is 0 Å². The molecule has 1 atom stereocenters. The number of aryl methyl sites for hydroxylation is 1. The van der Waals surface area contributed by atoms with Gasteiger partial charge in [0.05, 0.1) is 0 Å². The Kier molecular flexibility index (Phi) is 1.73. The summed E-state index contributed by atoms with van der Waals surface area (Å²) in [5, 5.41) is 5.54. The third-order valence-electron chi connectivity index (χ3n) is 1.61. The predicted octanol–water partition coefficient (Wildman–Crippen LogP) is 1.23. The molecule has 1 saturated heterocycles. The predicted molar refractivity (Wildman–Crippen MR) is 44.1 cm³/mol. The average Bonchev–Trinajstić information content (AvgIpc) is 2.58. The molecule has 0 aromatic carbocycles. The van der Waals surface area contributed by atoms with E-state index in [0.717, 1.165) is 10.7 Å². The fraction of sp³-hybridized carbons (Fsp3) is 0.429. The number of carbonyl (C=O) groups is 1. The molecule has 2 rings (SSSR count). The summed E-state index contributed by atoms with van der Waals surface area (Å²) in [5.74, 6) is 0. The van der Waals surface area contributed by atoms with Crippen molar-refractivity contribution in [2.45, 2.75) is 13.0 Å². The van der Waals surface area contributed by atoms with Gasteiger partial charge in [-0.05, 0) is 6.92 Å². The highest BCUT2D eigenvalue weighted by Gasteiger charge is 2.25. The number of amides is 1. The van der Waals surface area contributed by atoms with Gasteiger partial charge in [-0.2, -0.15) is 0 Å². The van der Waals surface area contributed by atoms with Crippen LogP contribution in [0.4, 0.5) is 4.79 Å². The molecule has 5 heteroatoms. The van der Waals surface area contributed by atoms with Crippen LogP contribution in [0.15, 0.2) is 5.38 Å². The summed E-state index contributed by atoms with van der Waals surface area (Å²) in [5.41, 5.74) is 0.983. The maximum Gasteiger partial charge on any atom is 0.407 e. The Labute approximate surface area is 73.6 Å². The molecule has 1 aliphatic heterocycles. The van der Waals surface area contributed by atoms with Crippen LogP contribution in [0.2, 0.25) is 0 Å². The Morgan fingerprint density at radius 2 is 2.67 bits per heavy atom. The van der Waals surface area contributed by atoms with Crippen LogP contribution in [-0.4, -0.2) is 17.7 Å². The number of hydrogen-bond acceptors (Lipinski definition) is 4. The van der Waals surface area contributed by atoms with Gasteiger partial charge in [-0.1, -0.05) is 0 Å². The van der Waals surface area contributed by atoms with Crippen molar-refractivity contribution >= 4 is 17.4 Å². The van der Waals surface area contributed by atoms with Crippen LogP contribution in [0.1, 0.15) is 16.7 Å². The largest absolute Gasteiger partial charge is 0.447 e. The molecule has 1 aromatic heterocycles. The zero-order chi connectivity index (χ0) is 8.55. The number of ether oxygens (including phenoxy) is 1. The van der Waals surface area contributed by atoms with Crippen LogP contribution in [-0.2, 0) is 4.74 Å². The van der Waals surface area contributed by atoms with Crippen LogP contribution in [0.25, 0.3) is 0 Å². The molecule has 1 fully saturated rings. The van der Waals surface area contributed by atoms with Crippen molar-refractivity contribution in [1.29, 1.82) is 0 Å². The first-order valence-corrected chi connectivity index (χ1v) is 4.49. The van der Waals surface area contributed by atoms with Gasteiger partial charge < -0.3 is 10.1 Å². The molecular formula is C7H8N2O2S. The lowest BCUT2D eigenvalue weighted by molar-refractivity contribution is 0.177. The van der Waals surface area contributed by atoms with Crippen molar-refractivity contribution in [3.8, 4) is 0 Å². The summed E-state index contributed by atoms with van der Waals surface area (Å²) in [6, 6.07) is -0.0452. The fourth-order valence-corrected chi connectivity index (χ4v) is 1.88. The zero-order valence-electron chi connectivity index (χ0n) is 6.53. The molecule has 2 heterocycles. The number of rotatable bonds is 1. The Morgan fingerprint density at radius 1 is 1.83 bits per heavy atom. The third kappa shape index (κ3) is 1.27. The number of cyclic esters (lactones) is 1. The molecule has 4 nitrogen and oxygen atoms in total. The second kappa shape index (κ2) is 2.75. The molecule has 1 amide bonds. The van der Waals surface area contributed by atoms with Crippen molar-refractivity contribution in [1.82, 2.24) is 10.3 Å². The van der Waals surface area contributed by atoms with Crippen LogP contribution < -0.4 is 5.32 Å². The van der Waals surface area contributed by atoms with E-state index in [-0.39, 0.29) is 12.1 Å². The lowest BCUT2D eigenvalue weighted by Gasteiger charge is -2.00. The van der Waals surface area contributed by atoms with E-state index in [4.69, 9.17) is 4.74 Å².